The molecule has 1 N–H and O–H groups in total. The van der Waals surface area contributed by atoms with Gasteiger partial charge in [0, 0.05) is 17.4 Å². The number of hydrogen-bond acceptors (Lipinski definition) is 3. The van der Waals surface area contributed by atoms with E-state index in [1.54, 1.807) is 11.8 Å². The van der Waals surface area contributed by atoms with E-state index in [0.29, 0.717) is 12.0 Å². The smallest absolute Gasteiger partial charge is 0.102 e. The molecule has 0 heterocycles. The Morgan fingerprint density at radius 3 is 2.88 bits per heavy atom. The number of nitrogens with one attached hydrogen (secondary N) is 1. The summed E-state index contributed by atoms with van der Waals surface area (Å²) in [6.07, 6.45) is 7.86. The monoisotopic (exact) mass is 230 g/mol. The molecule has 82 valence electrons. The molecule has 0 aliphatic carbocycles. The molecule has 1 aromatic rings. The highest BCUT2D eigenvalue weighted by molar-refractivity contribution is 7.98. The number of benzene rings is 1. The third kappa shape index (κ3) is 2.95. The predicted octanol–water partition coefficient (Wildman–Crippen LogP) is 3.10. The molecule has 0 fully saturated rings. The van der Waals surface area contributed by atoms with Crippen molar-refractivity contribution in [3.8, 4) is 18.4 Å². The molecule has 0 aliphatic heterocycles. The Bertz CT molecular complexity index is 440. The van der Waals surface area contributed by atoms with Crippen molar-refractivity contribution < 1.29 is 0 Å². The minimum atomic E-state index is 0.175. The molecule has 16 heavy (non-hydrogen) atoms. The molecular weight excluding hydrogens is 216 g/mol. The highest BCUT2D eigenvalue weighted by atomic mass is 32.2. The van der Waals surface area contributed by atoms with Crippen LogP contribution in [-0.2, 0) is 0 Å². The van der Waals surface area contributed by atoms with Crippen molar-refractivity contribution in [1.82, 2.24) is 0 Å². The molecule has 1 atom stereocenters. The molecular formula is C13H14N2S. The molecule has 2 nitrogen and oxygen atoms in total. The first-order valence-corrected chi connectivity index (χ1v) is 6.22. The van der Waals surface area contributed by atoms with Gasteiger partial charge in [0.15, 0.2) is 0 Å². The molecule has 3 heteroatoms. The molecule has 0 aromatic heterocycles. The summed E-state index contributed by atoms with van der Waals surface area (Å²) in [4.78, 5) is 0.986. The van der Waals surface area contributed by atoms with E-state index in [1.165, 1.54) is 0 Å². The minimum absolute atomic E-state index is 0.175. The van der Waals surface area contributed by atoms with Crippen molar-refractivity contribution in [2.45, 2.75) is 24.3 Å². The zero-order valence-electron chi connectivity index (χ0n) is 9.45. The van der Waals surface area contributed by atoms with E-state index in [0.717, 1.165) is 10.6 Å². The molecule has 1 aromatic carbocycles. The van der Waals surface area contributed by atoms with Gasteiger partial charge in [0.25, 0.3) is 0 Å². The molecule has 1 rings (SSSR count). The molecule has 0 saturated carbocycles. The van der Waals surface area contributed by atoms with Gasteiger partial charge in [-0.1, -0.05) is 6.07 Å². The van der Waals surface area contributed by atoms with Crippen molar-refractivity contribution in [1.29, 1.82) is 5.26 Å². The Morgan fingerprint density at radius 1 is 1.56 bits per heavy atom. The number of thioether (sulfide) groups is 1. The highest BCUT2D eigenvalue weighted by Gasteiger charge is 2.08. The zero-order valence-corrected chi connectivity index (χ0v) is 10.3. The topological polar surface area (TPSA) is 35.8 Å². The molecule has 0 spiro atoms. The van der Waals surface area contributed by atoms with Crippen LogP contribution in [0, 0.1) is 23.7 Å². The largest absolute Gasteiger partial charge is 0.381 e. The van der Waals surface area contributed by atoms with E-state index in [1.807, 2.05) is 31.4 Å². The molecule has 0 aliphatic rings. The maximum atomic E-state index is 9.13. The average molecular weight is 230 g/mol. The Kier molecular flexibility index (Phi) is 4.76. The van der Waals surface area contributed by atoms with Crippen LogP contribution in [0.3, 0.4) is 0 Å². The summed E-state index contributed by atoms with van der Waals surface area (Å²) in [5.41, 5.74) is 1.55. The molecule has 0 bridgehead atoms. The van der Waals surface area contributed by atoms with Crippen LogP contribution in [0.15, 0.2) is 23.1 Å². The average Bonchev–Trinajstić information content (AvgIpc) is 2.29. The van der Waals surface area contributed by atoms with Crippen LogP contribution in [0.5, 0.6) is 0 Å². The SMILES string of the molecule is C#CCC(C)Nc1cccc(SC)c1C#N. The summed E-state index contributed by atoms with van der Waals surface area (Å²) in [5.74, 6) is 2.60. The molecule has 0 amide bonds. The van der Waals surface area contributed by atoms with Crippen LogP contribution in [0.1, 0.15) is 18.9 Å². The summed E-state index contributed by atoms with van der Waals surface area (Å²) >= 11 is 1.57. The van der Waals surface area contributed by atoms with Gasteiger partial charge in [-0.2, -0.15) is 5.26 Å². The fraction of sp³-hybridized carbons (Fsp3) is 0.308. The quantitative estimate of drug-likeness (QED) is 0.637. The van der Waals surface area contributed by atoms with E-state index in [9.17, 15) is 0 Å². The second kappa shape index (κ2) is 6.10. The van der Waals surface area contributed by atoms with E-state index in [-0.39, 0.29) is 6.04 Å². The van der Waals surface area contributed by atoms with E-state index < -0.39 is 0 Å². The summed E-state index contributed by atoms with van der Waals surface area (Å²) in [5, 5.41) is 12.4. The summed E-state index contributed by atoms with van der Waals surface area (Å²) < 4.78 is 0. The predicted molar refractivity (Wildman–Crippen MR) is 69.5 cm³/mol. The van der Waals surface area contributed by atoms with Crippen molar-refractivity contribution >= 4 is 17.4 Å². The molecule has 0 radical (unpaired) electrons. The van der Waals surface area contributed by atoms with E-state index in [4.69, 9.17) is 11.7 Å². The second-order valence-corrected chi connectivity index (χ2v) is 4.30. The maximum absolute atomic E-state index is 9.13. The van der Waals surface area contributed by atoms with Crippen molar-refractivity contribution in [3.63, 3.8) is 0 Å². The van der Waals surface area contributed by atoms with E-state index >= 15 is 0 Å². The molecule has 1 unspecified atom stereocenters. The van der Waals surface area contributed by atoms with Crippen LogP contribution >= 0.6 is 11.8 Å². The first kappa shape index (κ1) is 12.5. The summed E-state index contributed by atoms with van der Waals surface area (Å²) in [6.45, 7) is 2.01. The Morgan fingerprint density at radius 2 is 2.31 bits per heavy atom. The van der Waals surface area contributed by atoms with Gasteiger partial charge in [-0.3, -0.25) is 0 Å². The highest BCUT2D eigenvalue weighted by Crippen LogP contribution is 2.26. The van der Waals surface area contributed by atoms with Gasteiger partial charge >= 0.3 is 0 Å². The van der Waals surface area contributed by atoms with Gasteiger partial charge in [0.1, 0.15) is 6.07 Å². The van der Waals surface area contributed by atoms with Crippen molar-refractivity contribution in [2.75, 3.05) is 11.6 Å². The van der Waals surface area contributed by atoms with Crippen LogP contribution in [0.25, 0.3) is 0 Å². The van der Waals surface area contributed by atoms with Crippen molar-refractivity contribution in [3.05, 3.63) is 23.8 Å². The van der Waals surface area contributed by atoms with Gasteiger partial charge < -0.3 is 5.32 Å². The number of rotatable bonds is 4. The first-order valence-electron chi connectivity index (χ1n) is 5.00. The maximum Gasteiger partial charge on any atom is 0.102 e. The number of hydrogen-bond donors (Lipinski definition) is 1. The van der Waals surface area contributed by atoms with Gasteiger partial charge in [-0.25, -0.2) is 0 Å². The first-order chi connectivity index (χ1) is 7.72. The fourth-order valence-electron chi connectivity index (χ4n) is 1.43. The standard InChI is InChI=1S/C13H14N2S/c1-4-6-10(2)15-12-7-5-8-13(16-3)11(12)9-14/h1,5,7-8,10,15H,6H2,2-3H3. The lowest BCUT2D eigenvalue weighted by molar-refractivity contribution is 0.827. The third-order valence-electron chi connectivity index (χ3n) is 2.18. The van der Waals surface area contributed by atoms with Gasteiger partial charge in [0.05, 0.1) is 11.3 Å². The van der Waals surface area contributed by atoms with Crippen LogP contribution in [0.2, 0.25) is 0 Å². The lowest BCUT2D eigenvalue weighted by atomic mass is 10.1. The number of anilines is 1. The lowest BCUT2D eigenvalue weighted by Gasteiger charge is -2.15. The Hall–Kier alpha value is -1.58. The van der Waals surface area contributed by atoms with Crippen LogP contribution in [0.4, 0.5) is 5.69 Å². The Balaban J connectivity index is 2.97. The van der Waals surface area contributed by atoms with Crippen LogP contribution < -0.4 is 5.32 Å². The molecule has 0 saturated heterocycles. The summed E-state index contributed by atoms with van der Waals surface area (Å²) in [7, 11) is 0. The fourth-order valence-corrected chi connectivity index (χ4v) is 2.00. The number of nitriles is 1. The van der Waals surface area contributed by atoms with Gasteiger partial charge in [0.2, 0.25) is 0 Å². The summed E-state index contributed by atoms with van der Waals surface area (Å²) in [6, 6.07) is 8.20. The number of nitrogens with zero attached hydrogens (tertiary/aromatic N) is 1. The van der Waals surface area contributed by atoms with E-state index in [2.05, 4.69) is 17.3 Å². The van der Waals surface area contributed by atoms with Crippen molar-refractivity contribution in [2.24, 2.45) is 0 Å². The second-order valence-electron chi connectivity index (χ2n) is 3.45. The van der Waals surface area contributed by atoms with Gasteiger partial charge in [-0.15, -0.1) is 24.1 Å². The number of terminal acetylenes is 1. The Labute approximate surface area is 101 Å². The zero-order chi connectivity index (χ0) is 12.0. The van der Waals surface area contributed by atoms with Crippen LogP contribution in [-0.4, -0.2) is 12.3 Å². The minimum Gasteiger partial charge on any atom is -0.381 e. The normalized spacial score (nSPS) is 11.2. The van der Waals surface area contributed by atoms with Gasteiger partial charge in [-0.05, 0) is 25.3 Å². The lowest BCUT2D eigenvalue weighted by Crippen LogP contribution is -2.15. The third-order valence-corrected chi connectivity index (χ3v) is 2.96.